The molecule has 3 heterocycles. The summed E-state index contributed by atoms with van der Waals surface area (Å²) in [6.45, 7) is 7.48. The summed E-state index contributed by atoms with van der Waals surface area (Å²) in [7, 11) is 0. The predicted octanol–water partition coefficient (Wildman–Crippen LogP) is 1.59. The Bertz CT molecular complexity index is 602. The smallest absolute Gasteiger partial charge is 0.409 e. The van der Waals surface area contributed by atoms with Crippen molar-refractivity contribution in [3.8, 4) is 0 Å². The third-order valence-corrected chi connectivity index (χ3v) is 5.14. The number of hydrogen-bond donors (Lipinski definition) is 0. The van der Waals surface area contributed by atoms with Gasteiger partial charge in [0.1, 0.15) is 0 Å². The highest BCUT2D eigenvalue weighted by Gasteiger charge is 2.33. The van der Waals surface area contributed by atoms with Gasteiger partial charge in [-0.15, -0.1) is 0 Å². The van der Waals surface area contributed by atoms with Crippen LogP contribution in [0.15, 0.2) is 24.5 Å². The standard InChI is InChI=1S/C19H28N4O3/c1-2-26-19(25)23-9-3-4-17(15-23)18(24)22-12-10-21(11-13-22)14-16-5-7-20-8-6-16/h5-8,17H,2-4,9-15H2,1H3. The molecular formula is C19H28N4O3. The molecule has 2 amide bonds. The lowest BCUT2D eigenvalue weighted by molar-refractivity contribution is -0.138. The van der Waals surface area contributed by atoms with E-state index in [0.717, 1.165) is 45.6 Å². The average Bonchev–Trinajstić information content (AvgIpc) is 2.69. The third kappa shape index (κ3) is 4.72. The maximum absolute atomic E-state index is 12.9. The Morgan fingerprint density at radius 1 is 1.12 bits per heavy atom. The van der Waals surface area contributed by atoms with E-state index in [-0.39, 0.29) is 17.9 Å². The van der Waals surface area contributed by atoms with Gasteiger partial charge in [-0.05, 0) is 37.5 Å². The summed E-state index contributed by atoms with van der Waals surface area (Å²) < 4.78 is 5.08. The molecule has 26 heavy (non-hydrogen) atoms. The van der Waals surface area contributed by atoms with Gasteiger partial charge in [0, 0.05) is 58.2 Å². The minimum atomic E-state index is -0.299. The summed E-state index contributed by atoms with van der Waals surface area (Å²) in [5.74, 6) is 0.0856. The maximum Gasteiger partial charge on any atom is 0.409 e. The summed E-state index contributed by atoms with van der Waals surface area (Å²) in [5.41, 5.74) is 1.25. The normalized spacial score (nSPS) is 21.5. The first-order valence-electron chi connectivity index (χ1n) is 9.49. The van der Waals surface area contributed by atoms with Crippen molar-refractivity contribution in [2.24, 2.45) is 5.92 Å². The highest BCUT2D eigenvalue weighted by molar-refractivity contribution is 5.80. The third-order valence-electron chi connectivity index (χ3n) is 5.14. The van der Waals surface area contributed by atoms with E-state index in [9.17, 15) is 9.59 Å². The number of hydrogen-bond acceptors (Lipinski definition) is 5. The zero-order valence-corrected chi connectivity index (χ0v) is 15.5. The SMILES string of the molecule is CCOC(=O)N1CCCC(C(=O)N2CCN(Cc3ccncc3)CC2)C1. The van der Waals surface area contributed by atoms with Crippen LogP contribution in [-0.2, 0) is 16.1 Å². The predicted molar refractivity (Wildman–Crippen MR) is 97.4 cm³/mol. The van der Waals surface area contributed by atoms with Crippen molar-refractivity contribution < 1.29 is 14.3 Å². The second kappa shape index (κ2) is 8.98. The first kappa shape index (κ1) is 18.6. The fourth-order valence-corrected chi connectivity index (χ4v) is 3.69. The topological polar surface area (TPSA) is 66.0 Å². The van der Waals surface area contributed by atoms with Gasteiger partial charge in [0.2, 0.25) is 5.91 Å². The molecule has 2 fully saturated rings. The van der Waals surface area contributed by atoms with Crippen LogP contribution in [0.4, 0.5) is 4.79 Å². The van der Waals surface area contributed by atoms with Gasteiger partial charge in [-0.25, -0.2) is 4.79 Å². The van der Waals surface area contributed by atoms with E-state index < -0.39 is 0 Å². The highest BCUT2D eigenvalue weighted by Crippen LogP contribution is 2.20. The Hall–Kier alpha value is -2.15. The fraction of sp³-hybridized carbons (Fsp3) is 0.632. The van der Waals surface area contributed by atoms with E-state index in [4.69, 9.17) is 4.74 Å². The molecule has 142 valence electrons. The van der Waals surface area contributed by atoms with Gasteiger partial charge >= 0.3 is 6.09 Å². The summed E-state index contributed by atoms with van der Waals surface area (Å²) in [6, 6.07) is 4.06. The Kier molecular flexibility index (Phi) is 6.44. The number of amides is 2. The van der Waals surface area contributed by atoms with Gasteiger partial charge < -0.3 is 14.5 Å². The molecule has 7 nitrogen and oxygen atoms in total. The molecule has 2 aliphatic heterocycles. The summed E-state index contributed by atoms with van der Waals surface area (Å²) >= 11 is 0. The van der Waals surface area contributed by atoms with Crippen LogP contribution >= 0.6 is 0 Å². The van der Waals surface area contributed by atoms with Crippen LogP contribution in [0.2, 0.25) is 0 Å². The van der Waals surface area contributed by atoms with Gasteiger partial charge in [0.05, 0.1) is 12.5 Å². The number of aromatic nitrogens is 1. The first-order chi connectivity index (χ1) is 12.7. The largest absolute Gasteiger partial charge is 0.450 e. The van der Waals surface area contributed by atoms with Crippen LogP contribution in [-0.4, -0.2) is 77.6 Å². The molecule has 2 saturated heterocycles. The number of carbonyl (C=O) groups is 2. The number of nitrogens with zero attached hydrogens (tertiary/aromatic N) is 4. The Labute approximate surface area is 154 Å². The Morgan fingerprint density at radius 3 is 2.54 bits per heavy atom. The molecule has 0 aliphatic carbocycles. The van der Waals surface area contributed by atoms with E-state index in [1.807, 2.05) is 29.4 Å². The number of piperidine rings is 1. The number of piperazine rings is 1. The van der Waals surface area contributed by atoms with Crippen LogP contribution < -0.4 is 0 Å². The summed E-state index contributed by atoms with van der Waals surface area (Å²) in [5, 5.41) is 0. The van der Waals surface area contributed by atoms with Crippen molar-refractivity contribution in [1.29, 1.82) is 0 Å². The van der Waals surface area contributed by atoms with Gasteiger partial charge in [-0.3, -0.25) is 14.7 Å². The molecule has 2 aliphatic rings. The second-order valence-corrected chi connectivity index (χ2v) is 6.94. The van der Waals surface area contributed by atoms with Crippen molar-refractivity contribution in [3.63, 3.8) is 0 Å². The molecule has 1 aromatic rings. The van der Waals surface area contributed by atoms with Crippen LogP contribution in [0, 0.1) is 5.92 Å². The van der Waals surface area contributed by atoms with Gasteiger partial charge in [-0.2, -0.15) is 0 Å². The van der Waals surface area contributed by atoms with Gasteiger partial charge in [0.15, 0.2) is 0 Å². The summed E-state index contributed by atoms with van der Waals surface area (Å²) in [4.78, 5) is 34.8. The lowest BCUT2D eigenvalue weighted by Crippen LogP contribution is -2.52. The van der Waals surface area contributed by atoms with Crippen LogP contribution in [0.5, 0.6) is 0 Å². The van der Waals surface area contributed by atoms with Crippen molar-refractivity contribution in [3.05, 3.63) is 30.1 Å². The second-order valence-electron chi connectivity index (χ2n) is 6.94. The van der Waals surface area contributed by atoms with Gasteiger partial charge in [-0.1, -0.05) is 0 Å². The van der Waals surface area contributed by atoms with E-state index in [0.29, 0.717) is 19.7 Å². The average molecular weight is 360 g/mol. The quantitative estimate of drug-likeness (QED) is 0.816. The Morgan fingerprint density at radius 2 is 1.85 bits per heavy atom. The molecular weight excluding hydrogens is 332 g/mol. The number of carbonyl (C=O) groups excluding carboxylic acids is 2. The van der Waals surface area contributed by atoms with Crippen molar-refractivity contribution >= 4 is 12.0 Å². The zero-order chi connectivity index (χ0) is 18.4. The molecule has 1 atom stereocenters. The highest BCUT2D eigenvalue weighted by atomic mass is 16.6. The first-order valence-corrected chi connectivity index (χ1v) is 9.49. The number of likely N-dealkylation sites (tertiary alicyclic amines) is 1. The molecule has 0 N–H and O–H groups in total. The van der Waals surface area contributed by atoms with Crippen molar-refractivity contribution in [2.75, 3.05) is 45.9 Å². The van der Waals surface area contributed by atoms with Crippen LogP contribution in [0.1, 0.15) is 25.3 Å². The molecule has 1 unspecified atom stereocenters. The maximum atomic E-state index is 12.9. The van der Waals surface area contributed by atoms with Crippen molar-refractivity contribution in [2.45, 2.75) is 26.3 Å². The molecule has 0 aromatic carbocycles. The lowest BCUT2D eigenvalue weighted by atomic mass is 9.96. The number of rotatable bonds is 4. The molecule has 0 bridgehead atoms. The molecule has 1 aromatic heterocycles. The van der Waals surface area contributed by atoms with E-state index in [2.05, 4.69) is 9.88 Å². The molecule has 7 heteroatoms. The Balaban J connectivity index is 1.48. The molecule has 3 rings (SSSR count). The van der Waals surface area contributed by atoms with Crippen LogP contribution in [0.3, 0.4) is 0 Å². The fourth-order valence-electron chi connectivity index (χ4n) is 3.69. The molecule has 0 spiro atoms. The molecule has 0 radical (unpaired) electrons. The lowest BCUT2D eigenvalue weighted by Gasteiger charge is -2.38. The number of ether oxygens (including phenoxy) is 1. The van der Waals surface area contributed by atoms with Crippen LogP contribution in [0.25, 0.3) is 0 Å². The van der Waals surface area contributed by atoms with E-state index in [1.165, 1.54) is 5.56 Å². The zero-order valence-electron chi connectivity index (χ0n) is 15.5. The minimum absolute atomic E-state index is 0.0973. The van der Waals surface area contributed by atoms with Crippen molar-refractivity contribution in [1.82, 2.24) is 19.7 Å². The minimum Gasteiger partial charge on any atom is -0.450 e. The monoisotopic (exact) mass is 360 g/mol. The van der Waals surface area contributed by atoms with E-state index in [1.54, 1.807) is 11.8 Å². The van der Waals surface area contributed by atoms with E-state index >= 15 is 0 Å². The molecule has 0 saturated carbocycles. The number of pyridine rings is 1. The van der Waals surface area contributed by atoms with Gasteiger partial charge in [0.25, 0.3) is 0 Å². The summed E-state index contributed by atoms with van der Waals surface area (Å²) in [6.07, 6.45) is 5.04.